The fourth-order valence-electron chi connectivity index (χ4n) is 3.02. The van der Waals surface area contributed by atoms with E-state index in [4.69, 9.17) is 9.15 Å². The van der Waals surface area contributed by atoms with Crippen LogP contribution in [0, 0.1) is 0 Å². The standard InChI is InChI=1S/C20H14BrNO5S/c1-22-13-8-7-10(26-2)9-11(13)17-15(19(22)24)16(23)18(20(25)27-17)28-14-6-4-3-5-12(14)21/h3-9,23H,1-2H3. The molecule has 0 spiro atoms. The summed E-state index contributed by atoms with van der Waals surface area (Å²) in [6.45, 7) is 0. The highest BCUT2D eigenvalue weighted by atomic mass is 79.9. The van der Waals surface area contributed by atoms with E-state index in [-0.39, 0.29) is 15.9 Å². The number of fused-ring (bicyclic) bond motifs is 3. The van der Waals surface area contributed by atoms with E-state index in [0.29, 0.717) is 21.5 Å². The second-order valence-electron chi connectivity index (χ2n) is 6.05. The van der Waals surface area contributed by atoms with Crippen LogP contribution in [0.25, 0.3) is 21.9 Å². The molecule has 0 aliphatic rings. The molecule has 0 fully saturated rings. The third-order valence-electron chi connectivity index (χ3n) is 4.44. The van der Waals surface area contributed by atoms with E-state index in [9.17, 15) is 14.7 Å². The van der Waals surface area contributed by atoms with Gasteiger partial charge in [0.2, 0.25) is 0 Å². The number of nitrogens with zero attached hydrogens (tertiary/aromatic N) is 1. The summed E-state index contributed by atoms with van der Waals surface area (Å²) in [5, 5.41) is 11.3. The summed E-state index contributed by atoms with van der Waals surface area (Å²) < 4.78 is 12.9. The molecule has 0 atom stereocenters. The summed E-state index contributed by atoms with van der Waals surface area (Å²) in [6.07, 6.45) is 0. The van der Waals surface area contributed by atoms with Crippen LogP contribution in [0.4, 0.5) is 0 Å². The smallest absolute Gasteiger partial charge is 0.354 e. The number of benzene rings is 2. The van der Waals surface area contributed by atoms with Crippen LogP contribution in [0.2, 0.25) is 0 Å². The molecule has 0 unspecified atom stereocenters. The second-order valence-corrected chi connectivity index (χ2v) is 7.96. The maximum atomic E-state index is 12.9. The van der Waals surface area contributed by atoms with Crippen LogP contribution in [0.15, 0.2) is 70.7 Å². The number of ether oxygens (including phenoxy) is 1. The molecular weight excluding hydrogens is 446 g/mol. The minimum absolute atomic E-state index is 0.0379. The Kier molecular flexibility index (Phi) is 4.68. The van der Waals surface area contributed by atoms with E-state index in [1.165, 1.54) is 11.7 Å². The number of aromatic hydroxyl groups is 1. The molecule has 2 aromatic carbocycles. The first kappa shape index (κ1) is 18.6. The number of hydrogen-bond donors (Lipinski definition) is 1. The third kappa shape index (κ3) is 2.89. The number of rotatable bonds is 3. The molecule has 0 aliphatic heterocycles. The van der Waals surface area contributed by atoms with Gasteiger partial charge in [-0.3, -0.25) is 4.79 Å². The first-order valence-corrected chi connectivity index (χ1v) is 9.82. The monoisotopic (exact) mass is 459 g/mol. The highest BCUT2D eigenvalue weighted by Crippen LogP contribution is 2.39. The predicted octanol–water partition coefficient (Wildman–Crippen LogP) is 4.27. The molecule has 8 heteroatoms. The van der Waals surface area contributed by atoms with Crippen molar-refractivity contribution in [2.75, 3.05) is 7.11 Å². The zero-order chi connectivity index (χ0) is 20.0. The first-order valence-electron chi connectivity index (χ1n) is 8.21. The van der Waals surface area contributed by atoms with Crippen LogP contribution in [-0.4, -0.2) is 16.8 Å². The lowest BCUT2D eigenvalue weighted by atomic mass is 10.1. The Morgan fingerprint density at radius 1 is 1.18 bits per heavy atom. The van der Waals surface area contributed by atoms with Crippen LogP contribution >= 0.6 is 27.7 Å². The maximum Gasteiger partial charge on any atom is 0.354 e. The first-order chi connectivity index (χ1) is 13.4. The zero-order valence-corrected chi connectivity index (χ0v) is 17.3. The maximum absolute atomic E-state index is 12.9. The zero-order valence-electron chi connectivity index (χ0n) is 14.9. The summed E-state index contributed by atoms with van der Waals surface area (Å²) in [5.41, 5.74) is -0.575. The largest absolute Gasteiger partial charge is 0.505 e. The van der Waals surface area contributed by atoms with Crippen LogP contribution in [0.3, 0.4) is 0 Å². The van der Waals surface area contributed by atoms with Crippen molar-refractivity contribution in [3.05, 3.63) is 67.7 Å². The van der Waals surface area contributed by atoms with Gasteiger partial charge in [0.15, 0.2) is 11.3 Å². The van der Waals surface area contributed by atoms with Gasteiger partial charge in [0.25, 0.3) is 5.56 Å². The third-order valence-corrected chi connectivity index (χ3v) is 6.53. The Bertz CT molecular complexity index is 1360. The van der Waals surface area contributed by atoms with Crippen molar-refractivity contribution in [2.24, 2.45) is 7.05 Å². The van der Waals surface area contributed by atoms with Crippen molar-refractivity contribution in [3.8, 4) is 11.5 Å². The molecule has 0 bridgehead atoms. The van der Waals surface area contributed by atoms with Gasteiger partial charge in [0.05, 0.1) is 12.6 Å². The number of halogens is 1. The van der Waals surface area contributed by atoms with Crippen LogP contribution < -0.4 is 15.9 Å². The summed E-state index contributed by atoms with van der Waals surface area (Å²) in [7, 11) is 3.12. The molecule has 6 nitrogen and oxygen atoms in total. The van der Waals surface area contributed by atoms with Crippen LogP contribution in [0.1, 0.15) is 0 Å². The number of methoxy groups -OCH3 is 1. The fraction of sp³-hybridized carbons (Fsp3) is 0.100. The van der Waals surface area contributed by atoms with Gasteiger partial charge in [-0.15, -0.1) is 0 Å². The predicted molar refractivity (Wildman–Crippen MR) is 112 cm³/mol. The van der Waals surface area contributed by atoms with E-state index in [1.54, 1.807) is 31.3 Å². The van der Waals surface area contributed by atoms with E-state index in [1.807, 2.05) is 18.2 Å². The van der Waals surface area contributed by atoms with Crippen LogP contribution in [0.5, 0.6) is 11.5 Å². The van der Waals surface area contributed by atoms with Crippen molar-refractivity contribution in [2.45, 2.75) is 9.79 Å². The normalized spacial score (nSPS) is 11.2. The summed E-state index contributed by atoms with van der Waals surface area (Å²) in [4.78, 5) is 26.2. The quantitative estimate of drug-likeness (QED) is 0.460. The molecule has 4 aromatic rings. The topological polar surface area (TPSA) is 81.7 Å². The van der Waals surface area contributed by atoms with Gasteiger partial charge in [0.1, 0.15) is 16.0 Å². The van der Waals surface area contributed by atoms with E-state index in [2.05, 4.69) is 15.9 Å². The Morgan fingerprint density at radius 2 is 1.93 bits per heavy atom. The molecule has 1 N–H and O–H groups in total. The molecule has 0 amide bonds. The van der Waals surface area contributed by atoms with Gasteiger partial charge < -0.3 is 18.8 Å². The molecule has 2 aromatic heterocycles. The molecule has 0 saturated heterocycles. The average Bonchev–Trinajstić information content (AvgIpc) is 2.69. The molecule has 4 rings (SSSR count). The van der Waals surface area contributed by atoms with Gasteiger partial charge in [-0.05, 0) is 46.3 Å². The SMILES string of the molecule is COc1ccc2c(c1)c1oc(=O)c(Sc3ccccc3Br)c(O)c1c(=O)n2C. The summed E-state index contributed by atoms with van der Waals surface area (Å²) in [6, 6.07) is 12.3. The fourth-order valence-corrected chi connectivity index (χ4v) is 4.40. The highest BCUT2D eigenvalue weighted by molar-refractivity contribution is 9.10. The second kappa shape index (κ2) is 7.03. The van der Waals surface area contributed by atoms with Gasteiger partial charge in [-0.2, -0.15) is 0 Å². The van der Waals surface area contributed by atoms with Crippen molar-refractivity contribution in [3.63, 3.8) is 0 Å². The average molecular weight is 460 g/mol. The van der Waals surface area contributed by atoms with Crippen molar-refractivity contribution < 1.29 is 14.3 Å². The molecular formula is C20H14BrNO5S. The van der Waals surface area contributed by atoms with Crippen molar-refractivity contribution in [1.82, 2.24) is 4.57 Å². The Hall–Kier alpha value is -2.71. The van der Waals surface area contributed by atoms with E-state index < -0.39 is 16.9 Å². The molecule has 0 saturated carbocycles. The number of aromatic nitrogens is 1. The summed E-state index contributed by atoms with van der Waals surface area (Å²) >= 11 is 4.45. The van der Waals surface area contributed by atoms with Crippen LogP contribution in [-0.2, 0) is 7.05 Å². The number of aryl methyl sites for hydroxylation is 1. The molecule has 142 valence electrons. The van der Waals surface area contributed by atoms with Crippen molar-refractivity contribution in [1.29, 1.82) is 0 Å². The van der Waals surface area contributed by atoms with E-state index in [0.717, 1.165) is 16.2 Å². The Morgan fingerprint density at radius 3 is 2.64 bits per heavy atom. The number of pyridine rings is 1. The summed E-state index contributed by atoms with van der Waals surface area (Å²) in [5.74, 6) is 0.151. The molecule has 2 heterocycles. The van der Waals surface area contributed by atoms with E-state index >= 15 is 0 Å². The minimum Gasteiger partial charge on any atom is -0.505 e. The van der Waals surface area contributed by atoms with Crippen molar-refractivity contribution >= 4 is 49.6 Å². The lowest BCUT2D eigenvalue weighted by Crippen LogP contribution is -2.19. The Balaban J connectivity index is 2.08. The number of hydrogen-bond acceptors (Lipinski definition) is 6. The van der Waals surface area contributed by atoms with Gasteiger partial charge in [-0.1, -0.05) is 23.9 Å². The molecule has 0 radical (unpaired) electrons. The van der Waals surface area contributed by atoms with Gasteiger partial charge >= 0.3 is 5.63 Å². The van der Waals surface area contributed by atoms with Gasteiger partial charge in [0, 0.05) is 21.8 Å². The highest BCUT2D eigenvalue weighted by Gasteiger charge is 2.22. The lowest BCUT2D eigenvalue weighted by Gasteiger charge is -2.12. The molecule has 0 aliphatic carbocycles. The minimum atomic E-state index is -0.719. The molecule has 28 heavy (non-hydrogen) atoms. The Labute approximate surface area is 171 Å². The van der Waals surface area contributed by atoms with Gasteiger partial charge in [-0.25, -0.2) is 4.79 Å². The lowest BCUT2D eigenvalue weighted by molar-refractivity contribution is 0.415.